The minimum absolute atomic E-state index is 0. The topological polar surface area (TPSA) is 168 Å². The number of aliphatic hydroxyl groups excluding tert-OH is 3. The third-order valence-electron chi connectivity index (χ3n) is 5.17. The average molecular weight is 489 g/mol. The standard InChI is InChI=1S/C20H22FN3O7S.Na/c1-8(2)19(28)23-15-10(24-6-9-3-14(21)32-18(9)11(24)5-22)4-13(20(29)30)31-17(15)16(27)12(26)7-25;/h3-4,6,8,10,12,15-17,25-27H,7H2,1-2H3,(H,23,28)(H,29,30);/q;+1/p-1/t10-,12+,15+,16+,17+;/m0./s1. The number of nitrogens with one attached hydrogen (secondary N) is 1. The second-order valence-corrected chi connectivity index (χ2v) is 8.66. The van der Waals surface area contributed by atoms with E-state index in [4.69, 9.17) is 4.74 Å². The van der Waals surface area contributed by atoms with Crippen LogP contribution in [0.5, 0.6) is 0 Å². The number of nitriles is 1. The number of carboxylic acid groups (broad SMARTS) is 1. The van der Waals surface area contributed by atoms with Gasteiger partial charge in [0.15, 0.2) is 5.13 Å². The Balaban J connectivity index is 0.00000385. The van der Waals surface area contributed by atoms with Gasteiger partial charge in [-0.1, -0.05) is 13.8 Å². The quantitative estimate of drug-likeness (QED) is 0.287. The number of carboxylic acids is 1. The Morgan fingerprint density at radius 2 is 2.09 bits per heavy atom. The van der Waals surface area contributed by atoms with Gasteiger partial charge in [-0.3, -0.25) is 4.79 Å². The van der Waals surface area contributed by atoms with Gasteiger partial charge in [0.1, 0.15) is 41.8 Å². The van der Waals surface area contributed by atoms with E-state index in [0.717, 1.165) is 17.4 Å². The number of hydrogen-bond donors (Lipinski definition) is 4. The molecule has 0 aromatic carbocycles. The van der Waals surface area contributed by atoms with Crippen molar-refractivity contribution in [3.05, 3.63) is 34.9 Å². The molecule has 0 aliphatic carbocycles. The van der Waals surface area contributed by atoms with Crippen LogP contribution in [-0.4, -0.2) is 62.7 Å². The normalized spacial score (nSPS) is 22.0. The van der Waals surface area contributed by atoms with Crippen LogP contribution in [0.25, 0.3) is 10.1 Å². The molecule has 1 aliphatic rings. The summed E-state index contributed by atoms with van der Waals surface area (Å²) >= 11 is 0.731. The van der Waals surface area contributed by atoms with Crippen LogP contribution in [0.3, 0.4) is 0 Å². The van der Waals surface area contributed by atoms with Crippen molar-refractivity contribution in [2.45, 2.75) is 44.2 Å². The zero-order valence-corrected chi connectivity index (χ0v) is 20.9. The molecule has 3 rings (SSSR count). The number of carbonyl (C=O) groups excluding carboxylic acids is 2. The summed E-state index contributed by atoms with van der Waals surface area (Å²) < 4.78 is 20.7. The van der Waals surface area contributed by atoms with E-state index in [-0.39, 0.29) is 35.3 Å². The summed E-state index contributed by atoms with van der Waals surface area (Å²) in [5.74, 6) is -3.38. The van der Waals surface area contributed by atoms with Gasteiger partial charge in [-0.05, 0) is 12.1 Å². The summed E-state index contributed by atoms with van der Waals surface area (Å²) in [5.41, 5.74) is 0.00879. The zero-order valence-electron chi connectivity index (χ0n) is 18.1. The summed E-state index contributed by atoms with van der Waals surface area (Å²) in [6, 6.07) is 0.923. The number of fused-ring (bicyclic) bond motifs is 1. The number of aliphatic carboxylic acids is 1. The van der Waals surface area contributed by atoms with Gasteiger partial charge < -0.3 is 39.8 Å². The van der Waals surface area contributed by atoms with Crippen LogP contribution in [0.15, 0.2) is 24.1 Å². The largest absolute Gasteiger partial charge is 1.00 e. The fraction of sp³-hybridized carbons (Fsp3) is 0.450. The van der Waals surface area contributed by atoms with Gasteiger partial charge in [0.05, 0.1) is 23.4 Å². The molecule has 0 fully saturated rings. The molecule has 0 saturated heterocycles. The van der Waals surface area contributed by atoms with Gasteiger partial charge >= 0.3 is 29.6 Å². The molecule has 13 heteroatoms. The predicted molar refractivity (Wildman–Crippen MR) is 107 cm³/mol. The Morgan fingerprint density at radius 3 is 2.64 bits per heavy atom. The Morgan fingerprint density at radius 1 is 1.42 bits per heavy atom. The molecule has 5 atom stereocenters. The Kier molecular flexibility index (Phi) is 9.06. The number of nitrogens with zero attached hydrogens (tertiary/aromatic N) is 2. The minimum Gasteiger partial charge on any atom is -0.542 e. The maximum Gasteiger partial charge on any atom is 1.00 e. The molecular formula is C20H21FN3NaO7S. The number of thiophene rings is 1. The molecular weight excluding hydrogens is 468 g/mol. The van der Waals surface area contributed by atoms with Crippen LogP contribution < -0.4 is 40.0 Å². The van der Waals surface area contributed by atoms with Crippen molar-refractivity contribution in [3.63, 3.8) is 0 Å². The number of aliphatic hydroxyl groups is 3. The van der Waals surface area contributed by atoms with E-state index in [9.17, 15) is 39.7 Å². The molecule has 0 spiro atoms. The Bertz CT molecular complexity index is 1110. The van der Waals surface area contributed by atoms with E-state index >= 15 is 0 Å². The van der Waals surface area contributed by atoms with Gasteiger partial charge in [0.2, 0.25) is 5.91 Å². The second kappa shape index (κ2) is 11.0. The molecule has 0 bridgehead atoms. The van der Waals surface area contributed by atoms with Crippen molar-refractivity contribution < 1.29 is 68.7 Å². The molecule has 0 saturated carbocycles. The van der Waals surface area contributed by atoms with Gasteiger partial charge in [0, 0.05) is 17.5 Å². The van der Waals surface area contributed by atoms with Gasteiger partial charge in [-0.2, -0.15) is 9.65 Å². The van der Waals surface area contributed by atoms with Crippen LogP contribution in [0.2, 0.25) is 0 Å². The number of rotatable bonds is 7. The first kappa shape index (κ1) is 27.3. The fourth-order valence-corrected chi connectivity index (χ4v) is 4.38. The molecule has 3 heterocycles. The molecule has 172 valence electrons. The summed E-state index contributed by atoms with van der Waals surface area (Å²) in [7, 11) is 0. The maximum absolute atomic E-state index is 13.7. The molecule has 0 unspecified atom stereocenters. The van der Waals surface area contributed by atoms with E-state index in [0.29, 0.717) is 10.1 Å². The average Bonchev–Trinajstić information content (AvgIpc) is 3.27. The molecule has 1 aliphatic heterocycles. The number of ether oxygens (including phenoxy) is 1. The molecule has 10 nitrogen and oxygen atoms in total. The smallest absolute Gasteiger partial charge is 0.542 e. The van der Waals surface area contributed by atoms with Crippen molar-refractivity contribution >= 4 is 33.3 Å². The number of carbonyl (C=O) groups is 2. The predicted octanol–water partition coefficient (Wildman–Crippen LogP) is -3.85. The number of amides is 1. The first-order valence-electron chi connectivity index (χ1n) is 9.66. The van der Waals surface area contributed by atoms with Crippen LogP contribution >= 0.6 is 11.3 Å². The molecule has 2 aromatic rings. The summed E-state index contributed by atoms with van der Waals surface area (Å²) in [5, 5.41) is 53.6. The fourth-order valence-electron chi connectivity index (χ4n) is 3.52. The third kappa shape index (κ3) is 5.41. The van der Waals surface area contributed by atoms with Gasteiger partial charge in [-0.15, -0.1) is 11.3 Å². The van der Waals surface area contributed by atoms with Crippen molar-refractivity contribution in [1.29, 1.82) is 5.26 Å². The van der Waals surface area contributed by atoms with Gasteiger partial charge in [-0.25, -0.2) is 0 Å². The number of halogens is 1. The number of hydrogen-bond acceptors (Lipinski definition) is 9. The SMILES string of the molecule is CC(C)C(=O)N[C@H]1[C@H]([C@H](O)[C@H](O)CO)OC(C(=O)[O-])=C[C@@H]1n1cc2cc(F)sc2c1C#N.[Na+]. The zero-order chi connectivity index (χ0) is 23.7. The van der Waals surface area contributed by atoms with Crippen molar-refractivity contribution in [2.24, 2.45) is 5.92 Å². The van der Waals surface area contributed by atoms with E-state index < -0.39 is 65.7 Å². The van der Waals surface area contributed by atoms with E-state index in [1.807, 2.05) is 6.07 Å². The maximum atomic E-state index is 13.7. The van der Waals surface area contributed by atoms with Crippen LogP contribution in [0, 0.1) is 22.4 Å². The van der Waals surface area contributed by atoms with Crippen molar-refractivity contribution in [1.82, 2.24) is 9.88 Å². The van der Waals surface area contributed by atoms with Crippen LogP contribution in [0.1, 0.15) is 25.6 Å². The summed E-state index contributed by atoms with van der Waals surface area (Å²) in [6.07, 6.45) is -2.50. The Labute approximate surface area is 214 Å². The summed E-state index contributed by atoms with van der Waals surface area (Å²) in [4.78, 5) is 24.1. The molecule has 0 radical (unpaired) electrons. The van der Waals surface area contributed by atoms with Crippen molar-refractivity contribution in [3.8, 4) is 6.07 Å². The molecule has 2 aromatic heterocycles. The third-order valence-corrected chi connectivity index (χ3v) is 6.11. The summed E-state index contributed by atoms with van der Waals surface area (Å²) in [6.45, 7) is 2.36. The van der Waals surface area contributed by atoms with E-state index in [1.165, 1.54) is 16.8 Å². The first-order chi connectivity index (χ1) is 15.1. The van der Waals surface area contributed by atoms with Crippen molar-refractivity contribution in [2.75, 3.05) is 6.61 Å². The molecule has 33 heavy (non-hydrogen) atoms. The molecule has 4 N–H and O–H groups in total. The molecule has 1 amide bonds. The van der Waals surface area contributed by atoms with Crippen LogP contribution in [-0.2, 0) is 14.3 Å². The Hall–Kier alpha value is -1.98. The van der Waals surface area contributed by atoms with Crippen LogP contribution in [0.4, 0.5) is 4.39 Å². The van der Waals surface area contributed by atoms with Gasteiger partial charge in [0.25, 0.3) is 0 Å². The van der Waals surface area contributed by atoms with E-state index in [2.05, 4.69) is 5.32 Å². The second-order valence-electron chi connectivity index (χ2n) is 7.65. The van der Waals surface area contributed by atoms with E-state index in [1.54, 1.807) is 13.8 Å². The monoisotopic (exact) mass is 489 g/mol. The minimum atomic E-state index is -1.80. The number of aromatic nitrogens is 1. The first-order valence-corrected chi connectivity index (χ1v) is 10.5.